The topological polar surface area (TPSA) is 93.5 Å². The summed E-state index contributed by atoms with van der Waals surface area (Å²) in [6.45, 7) is 9.56. The highest BCUT2D eigenvalue weighted by molar-refractivity contribution is 5.93. The molecule has 1 heterocycles. The Morgan fingerprint density at radius 1 is 1.09 bits per heavy atom. The molecule has 0 unspecified atom stereocenters. The van der Waals surface area contributed by atoms with Gasteiger partial charge in [0, 0.05) is 13.6 Å². The molecule has 0 fully saturated rings. The summed E-state index contributed by atoms with van der Waals surface area (Å²) in [7, 11) is 1.83. The maximum Gasteiger partial charge on any atom is 0.347 e. The molecule has 1 aromatic heterocycles. The van der Waals surface area contributed by atoms with E-state index in [1.807, 2.05) is 26.1 Å². The van der Waals surface area contributed by atoms with Gasteiger partial charge in [0.05, 0.1) is 5.69 Å². The van der Waals surface area contributed by atoms with E-state index in [1.165, 1.54) is 19.4 Å². The molecule has 0 bridgehead atoms. The van der Waals surface area contributed by atoms with Crippen LogP contribution in [0.1, 0.15) is 54.9 Å². The first-order valence-corrected chi connectivity index (χ1v) is 11.4. The maximum atomic E-state index is 12.7. The van der Waals surface area contributed by atoms with Gasteiger partial charge in [0.1, 0.15) is 5.75 Å². The van der Waals surface area contributed by atoms with Crippen molar-refractivity contribution in [1.29, 1.82) is 0 Å². The number of rotatable bonds is 9. The Morgan fingerprint density at radius 2 is 1.74 bits per heavy atom. The summed E-state index contributed by atoms with van der Waals surface area (Å²) >= 11 is 0. The lowest BCUT2D eigenvalue weighted by Gasteiger charge is -2.23. The monoisotopic (exact) mass is 463 g/mol. The number of carbonyl (C=O) groups excluding carboxylic acids is 1. The van der Waals surface area contributed by atoms with Crippen molar-refractivity contribution in [2.24, 2.45) is 13.0 Å². The van der Waals surface area contributed by atoms with Crippen molar-refractivity contribution in [2.45, 2.75) is 53.2 Å². The van der Waals surface area contributed by atoms with Crippen LogP contribution in [0.25, 0.3) is 11.3 Å². The fourth-order valence-electron chi connectivity index (χ4n) is 3.66. The number of aliphatic carboxylic acids is 1. The molecule has 2 N–H and O–H groups in total. The molecular formula is C27H33N3O4. The summed E-state index contributed by atoms with van der Waals surface area (Å²) in [4.78, 5) is 24.0. The predicted molar refractivity (Wildman–Crippen MR) is 132 cm³/mol. The van der Waals surface area contributed by atoms with Gasteiger partial charge < -0.3 is 15.2 Å². The molecule has 7 heteroatoms. The lowest BCUT2D eigenvalue weighted by molar-refractivity contribution is -0.152. The first-order chi connectivity index (χ1) is 16.0. The number of nitrogens with zero attached hydrogens (tertiary/aromatic N) is 2. The van der Waals surface area contributed by atoms with E-state index in [0.29, 0.717) is 23.9 Å². The summed E-state index contributed by atoms with van der Waals surface area (Å²) in [6.07, 6.45) is 1.03. The van der Waals surface area contributed by atoms with Crippen LogP contribution < -0.4 is 10.1 Å². The number of aromatic nitrogens is 2. The molecular weight excluding hydrogens is 430 g/mol. The summed E-state index contributed by atoms with van der Waals surface area (Å²) in [5.74, 6) is -0.203. The number of amides is 1. The van der Waals surface area contributed by atoms with Crippen molar-refractivity contribution in [3.63, 3.8) is 0 Å². The molecule has 0 saturated carbocycles. The largest absolute Gasteiger partial charge is 0.478 e. The zero-order valence-electron chi connectivity index (χ0n) is 20.7. The SMILES string of the molecule is Cc1cc(CNC(=O)c2cc(-c3ccc(CC(C)C)cc3)n(C)n2)ccc1OC(C)(C)C(=O)O. The van der Waals surface area contributed by atoms with Crippen LogP contribution in [0.3, 0.4) is 0 Å². The second-order valence-corrected chi connectivity index (χ2v) is 9.53. The Balaban J connectivity index is 1.66. The molecule has 0 aliphatic carbocycles. The Hall–Kier alpha value is -3.61. The second kappa shape index (κ2) is 10.1. The molecule has 7 nitrogen and oxygen atoms in total. The number of hydrogen-bond donors (Lipinski definition) is 2. The average molecular weight is 464 g/mol. The van der Waals surface area contributed by atoms with Gasteiger partial charge in [0.2, 0.25) is 0 Å². The quantitative estimate of drug-likeness (QED) is 0.477. The molecule has 1 amide bonds. The van der Waals surface area contributed by atoms with E-state index in [4.69, 9.17) is 4.74 Å². The predicted octanol–water partition coefficient (Wildman–Crippen LogP) is 4.77. The van der Waals surface area contributed by atoms with Gasteiger partial charge in [-0.1, -0.05) is 50.2 Å². The van der Waals surface area contributed by atoms with Crippen LogP contribution in [0.2, 0.25) is 0 Å². The number of carbonyl (C=O) groups is 2. The molecule has 0 atom stereocenters. The van der Waals surface area contributed by atoms with Gasteiger partial charge >= 0.3 is 5.97 Å². The Labute approximate surface area is 200 Å². The molecule has 3 rings (SSSR count). The number of hydrogen-bond acceptors (Lipinski definition) is 4. The van der Waals surface area contributed by atoms with E-state index in [0.717, 1.165) is 28.8 Å². The first kappa shape index (κ1) is 25.0. The van der Waals surface area contributed by atoms with Crippen LogP contribution in [0.4, 0.5) is 0 Å². The zero-order chi connectivity index (χ0) is 25.0. The molecule has 180 valence electrons. The first-order valence-electron chi connectivity index (χ1n) is 11.4. The summed E-state index contributed by atoms with van der Waals surface area (Å²) in [6, 6.07) is 15.6. The van der Waals surface area contributed by atoms with Gasteiger partial charge in [-0.15, -0.1) is 0 Å². The number of nitrogens with one attached hydrogen (secondary N) is 1. The van der Waals surface area contributed by atoms with Crippen LogP contribution >= 0.6 is 0 Å². The minimum atomic E-state index is -1.33. The van der Waals surface area contributed by atoms with Crippen molar-refractivity contribution < 1.29 is 19.4 Å². The van der Waals surface area contributed by atoms with Crippen LogP contribution in [-0.4, -0.2) is 32.4 Å². The van der Waals surface area contributed by atoms with Crippen molar-refractivity contribution in [1.82, 2.24) is 15.1 Å². The van der Waals surface area contributed by atoms with Gasteiger partial charge in [-0.2, -0.15) is 5.10 Å². The molecule has 0 aliphatic rings. The van der Waals surface area contributed by atoms with Crippen LogP contribution in [0.5, 0.6) is 5.75 Å². The molecule has 0 radical (unpaired) electrons. The van der Waals surface area contributed by atoms with Gasteiger partial charge in [0.15, 0.2) is 11.3 Å². The molecule has 34 heavy (non-hydrogen) atoms. The standard InChI is InChI=1S/C27H33N3O4/c1-17(2)13-19-7-10-21(11-8-19)23-15-22(29-30(23)6)25(31)28-16-20-9-12-24(18(3)14-20)34-27(4,5)26(32)33/h7-12,14-15,17H,13,16H2,1-6H3,(H,28,31)(H,32,33). The normalized spacial score (nSPS) is 11.5. The van der Waals surface area contributed by atoms with Crippen molar-refractivity contribution >= 4 is 11.9 Å². The molecule has 0 aliphatic heterocycles. The van der Waals surface area contributed by atoms with Crippen molar-refractivity contribution in [2.75, 3.05) is 0 Å². The third-order valence-corrected chi connectivity index (χ3v) is 5.58. The summed E-state index contributed by atoms with van der Waals surface area (Å²) in [5.41, 5.74) is 3.87. The van der Waals surface area contributed by atoms with Gasteiger partial charge in [0.25, 0.3) is 5.91 Å². The van der Waals surface area contributed by atoms with E-state index < -0.39 is 11.6 Å². The Bertz CT molecular complexity index is 1180. The van der Waals surface area contributed by atoms with Crippen LogP contribution in [-0.2, 0) is 24.8 Å². The fourth-order valence-corrected chi connectivity index (χ4v) is 3.66. The highest BCUT2D eigenvalue weighted by atomic mass is 16.5. The van der Waals surface area contributed by atoms with Gasteiger partial charge in [-0.25, -0.2) is 4.79 Å². The van der Waals surface area contributed by atoms with E-state index >= 15 is 0 Å². The molecule has 0 spiro atoms. The van der Waals surface area contributed by atoms with Crippen LogP contribution in [0, 0.1) is 12.8 Å². The maximum absolute atomic E-state index is 12.7. The third-order valence-electron chi connectivity index (χ3n) is 5.58. The van der Waals surface area contributed by atoms with Gasteiger partial charge in [-0.05, 0) is 67.5 Å². The van der Waals surface area contributed by atoms with E-state index in [2.05, 4.69) is 48.5 Å². The lowest BCUT2D eigenvalue weighted by atomic mass is 10.0. The number of carboxylic acids is 1. The minimum absolute atomic E-state index is 0.261. The lowest BCUT2D eigenvalue weighted by Crippen LogP contribution is -2.38. The number of benzene rings is 2. The van der Waals surface area contributed by atoms with Crippen LogP contribution in [0.15, 0.2) is 48.5 Å². The minimum Gasteiger partial charge on any atom is -0.478 e. The Morgan fingerprint density at radius 3 is 2.32 bits per heavy atom. The van der Waals surface area contributed by atoms with E-state index in [1.54, 1.807) is 16.8 Å². The molecule has 2 aromatic carbocycles. The van der Waals surface area contributed by atoms with E-state index in [-0.39, 0.29) is 5.91 Å². The van der Waals surface area contributed by atoms with E-state index in [9.17, 15) is 14.7 Å². The number of aryl methyl sites for hydroxylation is 2. The zero-order valence-corrected chi connectivity index (χ0v) is 20.7. The van der Waals surface area contributed by atoms with Crippen molar-refractivity contribution in [3.8, 4) is 17.0 Å². The summed E-state index contributed by atoms with van der Waals surface area (Å²) < 4.78 is 7.34. The van der Waals surface area contributed by atoms with Crippen molar-refractivity contribution in [3.05, 3.63) is 70.9 Å². The van der Waals surface area contributed by atoms with Gasteiger partial charge in [-0.3, -0.25) is 9.48 Å². The highest BCUT2D eigenvalue weighted by Crippen LogP contribution is 2.25. The highest BCUT2D eigenvalue weighted by Gasteiger charge is 2.29. The smallest absolute Gasteiger partial charge is 0.347 e. The molecule has 0 saturated heterocycles. The third kappa shape index (κ3) is 6.04. The number of ether oxygens (including phenoxy) is 1. The fraction of sp³-hybridized carbons (Fsp3) is 0.370. The second-order valence-electron chi connectivity index (χ2n) is 9.53. The summed E-state index contributed by atoms with van der Waals surface area (Å²) in [5, 5.41) is 16.5. The number of carboxylic acid groups (broad SMARTS) is 1. The Kier molecular flexibility index (Phi) is 7.44. The average Bonchev–Trinajstić information content (AvgIpc) is 3.15. The molecule has 3 aromatic rings.